The van der Waals surface area contributed by atoms with Crippen LogP contribution in [0.25, 0.3) is 0 Å². The molecule has 90 valence electrons. The van der Waals surface area contributed by atoms with Crippen LogP contribution >= 0.6 is 0 Å². The van der Waals surface area contributed by atoms with Gasteiger partial charge in [-0.05, 0) is 26.8 Å². The molecule has 0 amide bonds. The lowest BCUT2D eigenvalue weighted by molar-refractivity contribution is -0.133. The summed E-state index contributed by atoms with van der Waals surface area (Å²) in [6, 6.07) is 0. The van der Waals surface area contributed by atoms with E-state index in [1.165, 1.54) is 13.8 Å². The van der Waals surface area contributed by atoms with Gasteiger partial charge in [0.25, 0.3) is 0 Å². The zero-order chi connectivity index (χ0) is 13.7. The lowest BCUT2D eigenvalue weighted by atomic mass is 10.4. The minimum atomic E-state index is -0.935. The van der Waals surface area contributed by atoms with Crippen LogP contribution < -0.4 is 0 Å². The SMILES string of the molecule is C=C(C)C(=O)O.C=C(C)C(=O)O.C=C=CC. The third-order valence-corrected chi connectivity index (χ3v) is 0.934. The molecule has 16 heavy (non-hydrogen) atoms. The summed E-state index contributed by atoms with van der Waals surface area (Å²) in [5.41, 5.74) is 2.91. The fourth-order valence-corrected chi connectivity index (χ4v) is 0. The van der Waals surface area contributed by atoms with Gasteiger partial charge < -0.3 is 10.2 Å². The Labute approximate surface area is 95.9 Å². The van der Waals surface area contributed by atoms with Crippen LogP contribution in [-0.4, -0.2) is 22.2 Å². The van der Waals surface area contributed by atoms with Gasteiger partial charge in [0, 0.05) is 11.1 Å². The van der Waals surface area contributed by atoms with Gasteiger partial charge >= 0.3 is 11.9 Å². The van der Waals surface area contributed by atoms with Crippen molar-refractivity contribution in [2.75, 3.05) is 0 Å². The van der Waals surface area contributed by atoms with Crippen LogP contribution in [0.15, 0.2) is 42.7 Å². The molecule has 0 bridgehead atoms. The number of hydrogen-bond acceptors (Lipinski definition) is 2. The van der Waals surface area contributed by atoms with Gasteiger partial charge in [0.1, 0.15) is 0 Å². The van der Waals surface area contributed by atoms with Gasteiger partial charge in [-0.3, -0.25) is 0 Å². The van der Waals surface area contributed by atoms with E-state index in [0.29, 0.717) is 0 Å². The van der Waals surface area contributed by atoms with E-state index in [-0.39, 0.29) is 11.1 Å². The first-order valence-corrected chi connectivity index (χ1v) is 4.28. The van der Waals surface area contributed by atoms with Gasteiger partial charge in [0.05, 0.1) is 0 Å². The number of carboxylic acids is 2. The van der Waals surface area contributed by atoms with E-state index in [0.717, 1.165) is 0 Å². The van der Waals surface area contributed by atoms with Crippen molar-refractivity contribution in [1.82, 2.24) is 0 Å². The number of hydrogen-bond donors (Lipinski definition) is 2. The molecule has 0 aromatic heterocycles. The smallest absolute Gasteiger partial charge is 0.330 e. The Morgan fingerprint density at radius 2 is 1.19 bits per heavy atom. The zero-order valence-electron chi connectivity index (χ0n) is 9.91. The van der Waals surface area contributed by atoms with Crippen molar-refractivity contribution in [2.45, 2.75) is 20.8 Å². The van der Waals surface area contributed by atoms with E-state index in [4.69, 9.17) is 10.2 Å². The number of carboxylic acid groups (broad SMARTS) is 2. The normalized spacial score (nSPS) is 6.69. The Kier molecular flexibility index (Phi) is 15.8. The molecule has 0 aliphatic rings. The first-order valence-electron chi connectivity index (χ1n) is 4.28. The highest BCUT2D eigenvalue weighted by Crippen LogP contribution is 1.81. The maximum Gasteiger partial charge on any atom is 0.330 e. The lowest BCUT2D eigenvalue weighted by Gasteiger charge is -1.79. The zero-order valence-corrected chi connectivity index (χ0v) is 9.91. The van der Waals surface area contributed by atoms with Crippen LogP contribution in [0.5, 0.6) is 0 Å². The maximum atomic E-state index is 9.60. The molecule has 2 N–H and O–H groups in total. The molecular formula is C12H18O4. The Morgan fingerprint density at radius 3 is 1.19 bits per heavy atom. The summed E-state index contributed by atoms with van der Waals surface area (Å²) in [5, 5.41) is 15.8. The predicted octanol–water partition coefficient (Wildman–Crippen LogP) is 2.64. The van der Waals surface area contributed by atoms with E-state index < -0.39 is 11.9 Å². The Hall–Kier alpha value is -2.06. The molecule has 0 saturated heterocycles. The number of aliphatic carboxylic acids is 2. The standard InChI is InChI=1S/2C4H6O2.C4H6/c2*1-3(2)4(5)6;1-3-4-2/h2*1H2,2H3,(H,5,6);4H,1H2,2H3. The molecule has 0 aliphatic heterocycles. The topological polar surface area (TPSA) is 74.6 Å². The van der Waals surface area contributed by atoms with Gasteiger partial charge in [-0.25, -0.2) is 9.59 Å². The second-order valence-electron chi connectivity index (χ2n) is 2.66. The molecule has 0 radical (unpaired) electrons. The van der Waals surface area contributed by atoms with E-state index >= 15 is 0 Å². The van der Waals surface area contributed by atoms with Crippen LogP contribution in [0.3, 0.4) is 0 Å². The summed E-state index contributed by atoms with van der Waals surface area (Å²) < 4.78 is 0. The second kappa shape index (κ2) is 12.9. The Bertz CT molecular complexity index is 259. The van der Waals surface area contributed by atoms with E-state index in [1.807, 2.05) is 6.92 Å². The molecular weight excluding hydrogens is 208 g/mol. The summed E-state index contributed by atoms with van der Waals surface area (Å²) in [6.45, 7) is 14.4. The number of allylic oxidation sites excluding steroid dienone is 1. The summed E-state index contributed by atoms with van der Waals surface area (Å²) in [7, 11) is 0. The van der Waals surface area contributed by atoms with Gasteiger partial charge in [-0.1, -0.05) is 19.7 Å². The number of rotatable bonds is 2. The van der Waals surface area contributed by atoms with Gasteiger partial charge in [-0.2, -0.15) is 0 Å². The van der Waals surface area contributed by atoms with Crippen LogP contribution in [-0.2, 0) is 9.59 Å². The molecule has 4 heteroatoms. The summed E-state index contributed by atoms with van der Waals surface area (Å²) >= 11 is 0. The van der Waals surface area contributed by atoms with Crippen molar-refractivity contribution in [3.8, 4) is 0 Å². The molecule has 0 unspecified atom stereocenters. The average molecular weight is 226 g/mol. The van der Waals surface area contributed by atoms with Crippen LogP contribution in [0.1, 0.15) is 20.8 Å². The molecule has 0 saturated carbocycles. The van der Waals surface area contributed by atoms with Crippen molar-refractivity contribution < 1.29 is 19.8 Å². The minimum Gasteiger partial charge on any atom is -0.478 e. The van der Waals surface area contributed by atoms with Gasteiger partial charge in [0.2, 0.25) is 0 Å². The highest BCUT2D eigenvalue weighted by molar-refractivity contribution is 5.85. The van der Waals surface area contributed by atoms with Crippen molar-refractivity contribution >= 4 is 11.9 Å². The van der Waals surface area contributed by atoms with E-state index in [1.54, 1.807) is 6.08 Å². The van der Waals surface area contributed by atoms with E-state index in [2.05, 4.69) is 25.5 Å². The summed E-state index contributed by atoms with van der Waals surface area (Å²) in [6.07, 6.45) is 1.76. The molecule has 4 nitrogen and oxygen atoms in total. The monoisotopic (exact) mass is 226 g/mol. The van der Waals surface area contributed by atoms with Gasteiger partial charge in [-0.15, -0.1) is 5.73 Å². The highest BCUT2D eigenvalue weighted by atomic mass is 16.4. The molecule has 0 heterocycles. The summed E-state index contributed by atoms with van der Waals surface area (Å²) in [4.78, 5) is 19.2. The third kappa shape index (κ3) is 29.7. The van der Waals surface area contributed by atoms with Crippen molar-refractivity contribution in [2.24, 2.45) is 0 Å². The Morgan fingerprint density at radius 1 is 1.06 bits per heavy atom. The lowest BCUT2D eigenvalue weighted by Crippen LogP contribution is -1.92. The minimum absolute atomic E-state index is 0.176. The fraction of sp³-hybridized carbons (Fsp3) is 0.250. The molecule has 0 aromatic carbocycles. The highest BCUT2D eigenvalue weighted by Gasteiger charge is 1.90. The van der Waals surface area contributed by atoms with Crippen LogP contribution in [0.2, 0.25) is 0 Å². The average Bonchev–Trinajstić information content (AvgIpc) is 2.18. The van der Waals surface area contributed by atoms with Crippen LogP contribution in [0, 0.1) is 0 Å². The van der Waals surface area contributed by atoms with Crippen molar-refractivity contribution in [3.05, 3.63) is 42.7 Å². The van der Waals surface area contributed by atoms with Crippen molar-refractivity contribution in [1.29, 1.82) is 0 Å². The first-order chi connectivity index (χ1) is 7.20. The molecule has 0 fully saturated rings. The first kappa shape index (κ1) is 19.5. The maximum absolute atomic E-state index is 9.60. The van der Waals surface area contributed by atoms with Crippen LogP contribution in [0.4, 0.5) is 0 Å². The molecule has 0 aromatic rings. The third-order valence-electron chi connectivity index (χ3n) is 0.934. The molecule has 0 atom stereocenters. The van der Waals surface area contributed by atoms with Gasteiger partial charge in [0.15, 0.2) is 0 Å². The molecule has 0 aliphatic carbocycles. The number of carbonyl (C=O) groups is 2. The summed E-state index contributed by atoms with van der Waals surface area (Å²) in [5.74, 6) is -1.87. The largest absolute Gasteiger partial charge is 0.478 e. The Balaban J connectivity index is -0.000000162. The van der Waals surface area contributed by atoms with E-state index in [9.17, 15) is 9.59 Å². The molecule has 0 rings (SSSR count). The quantitative estimate of drug-likeness (QED) is 0.560. The second-order valence-corrected chi connectivity index (χ2v) is 2.66. The molecule has 0 spiro atoms. The predicted molar refractivity (Wildman–Crippen MR) is 64.3 cm³/mol. The van der Waals surface area contributed by atoms with Crippen molar-refractivity contribution in [3.63, 3.8) is 0 Å². The fourth-order valence-electron chi connectivity index (χ4n) is 0.